The van der Waals surface area contributed by atoms with Gasteiger partial charge in [-0.25, -0.2) is 4.98 Å². The Balaban J connectivity index is 2.69. The fourth-order valence-corrected chi connectivity index (χ4v) is 2.28. The van der Waals surface area contributed by atoms with E-state index in [2.05, 4.69) is 26.2 Å². The molecular weight excluding hydrogens is 291 g/mol. The molecule has 0 fully saturated rings. The van der Waals surface area contributed by atoms with Crippen LogP contribution in [0.25, 0.3) is 0 Å². The maximum atomic E-state index is 11.8. The summed E-state index contributed by atoms with van der Waals surface area (Å²) < 4.78 is 0. The smallest absolute Gasteiger partial charge is 0.270 e. The fourth-order valence-electron chi connectivity index (χ4n) is 1.18. The summed E-state index contributed by atoms with van der Waals surface area (Å²) in [6.45, 7) is 3.95. The lowest BCUT2D eigenvalue weighted by atomic mass is 10.0. The molecule has 1 aromatic heterocycles. The predicted molar refractivity (Wildman–Crippen MR) is 69.2 cm³/mol. The molecule has 0 radical (unpaired) electrons. The van der Waals surface area contributed by atoms with Crippen molar-refractivity contribution in [3.05, 3.63) is 29.0 Å². The van der Waals surface area contributed by atoms with E-state index in [1.807, 2.05) is 13.8 Å². The van der Waals surface area contributed by atoms with Crippen molar-refractivity contribution in [2.24, 2.45) is 0 Å². The second-order valence-electron chi connectivity index (χ2n) is 4.14. The van der Waals surface area contributed by atoms with Crippen LogP contribution in [0.3, 0.4) is 0 Å². The van der Waals surface area contributed by atoms with Crippen LogP contribution in [0, 0.1) is 0 Å². The zero-order valence-electron chi connectivity index (χ0n) is 9.26. The van der Waals surface area contributed by atoms with E-state index >= 15 is 0 Å². The topological polar surface area (TPSA) is 42.0 Å². The maximum absolute atomic E-state index is 11.8. The number of halogens is 2. The van der Waals surface area contributed by atoms with Gasteiger partial charge >= 0.3 is 0 Å². The number of pyridine rings is 1. The van der Waals surface area contributed by atoms with E-state index in [0.29, 0.717) is 10.7 Å². The van der Waals surface area contributed by atoms with Crippen LogP contribution < -0.4 is 5.32 Å². The van der Waals surface area contributed by atoms with Gasteiger partial charge in [0.2, 0.25) is 0 Å². The lowest BCUT2D eigenvalue weighted by molar-refractivity contribution is 0.0907. The van der Waals surface area contributed by atoms with Gasteiger partial charge in [-0.1, -0.05) is 27.5 Å². The number of nitrogens with zero attached hydrogens (tertiary/aromatic N) is 1. The molecule has 0 aliphatic rings. The van der Waals surface area contributed by atoms with Crippen molar-refractivity contribution in [3.63, 3.8) is 0 Å². The van der Waals surface area contributed by atoms with E-state index in [0.717, 1.165) is 11.8 Å². The molecule has 1 heterocycles. The first-order valence-corrected chi connectivity index (χ1v) is 6.44. The lowest BCUT2D eigenvalue weighted by Gasteiger charge is -2.25. The summed E-state index contributed by atoms with van der Waals surface area (Å²) in [5.74, 6) is -0.178. The number of amides is 1. The third-order valence-electron chi connectivity index (χ3n) is 2.13. The molecule has 0 unspecified atom stereocenters. The average molecular weight is 306 g/mol. The second kappa shape index (κ2) is 5.64. The van der Waals surface area contributed by atoms with Gasteiger partial charge in [-0.15, -0.1) is 0 Å². The molecule has 1 rings (SSSR count). The van der Waals surface area contributed by atoms with Crippen LogP contribution in [-0.4, -0.2) is 21.8 Å². The molecular formula is C11H14BrClN2O. The van der Waals surface area contributed by atoms with Crippen molar-refractivity contribution >= 4 is 33.4 Å². The van der Waals surface area contributed by atoms with E-state index in [4.69, 9.17) is 11.6 Å². The average Bonchev–Trinajstić information content (AvgIpc) is 2.17. The summed E-state index contributed by atoms with van der Waals surface area (Å²) in [6.07, 6.45) is 2.32. The van der Waals surface area contributed by atoms with Gasteiger partial charge in [0.05, 0.1) is 5.02 Å². The van der Waals surface area contributed by atoms with Crippen molar-refractivity contribution in [3.8, 4) is 0 Å². The maximum Gasteiger partial charge on any atom is 0.270 e. The molecule has 1 aromatic rings. The first-order chi connectivity index (χ1) is 7.44. The van der Waals surface area contributed by atoms with Gasteiger partial charge < -0.3 is 5.32 Å². The largest absolute Gasteiger partial charge is 0.346 e. The van der Waals surface area contributed by atoms with E-state index in [1.165, 1.54) is 6.20 Å². The van der Waals surface area contributed by atoms with Crippen molar-refractivity contribution in [2.45, 2.75) is 25.8 Å². The zero-order chi connectivity index (χ0) is 12.2. The van der Waals surface area contributed by atoms with Gasteiger partial charge in [0.15, 0.2) is 0 Å². The summed E-state index contributed by atoms with van der Waals surface area (Å²) in [5.41, 5.74) is 0.133. The highest BCUT2D eigenvalue weighted by Gasteiger charge is 2.20. The SMILES string of the molecule is CC(C)(CCBr)NC(=O)c1ccc(Cl)cn1. The number of carbonyl (C=O) groups is 1. The van der Waals surface area contributed by atoms with Gasteiger partial charge in [0, 0.05) is 17.1 Å². The highest BCUT2D eigenvalue weighted by atomic mass is 79.9. The van der Waals surface area contributed by atoms with Crippen LogP contribution in [0.15, 0.2) is 18.3 Å². The van der Waals surface area contributed by atoms with E-state index < -0.39 is 0 Å². The first-order valence-electron chi connectivity index (χ1n) is 4.95. The monoisotopic (exact) mass is 304 g/mol. The second-order valence-corrected chi connectivity index (χ2v) is 5.37. The van der Waals surface area contributed by atoms with Gasteiger partial charge in [-0.2, -0.15) is 0 Å². The number of nitrogens with one attached hydrogen (secondary N) is 1. The number of carbonyl (C=O) groups excluding carboxylic acids is 1. The van der Waals surface area contributed by atoms with Gasteiger partial charge in [-0.3, -0.25) is 4.79 Å². The summed E-state index contributed by atoms with van der Waals surface area (Å²) in [4.78, 5) is 15.8. The molecule has 3 nitrogen and oxygen atoms in total. The van der Waals surface area contributed by atoms with Crippen LogP contribution in [0.4, 0.5) is 0 Å². The van der Waals surface area contributed by atoms with Crippen molar-refractivity contribution in [1.29, 1.82) is 0 Å². The molecule has 1 amide bonds. The van der Waals surface area contributed by atoms with Gasteiger partial charge in [0.25, 0.3) is 5.91 Å². The third kappa shape index (κ3) is 4.10. The minimum Gasteiger partial charge on any atom is -0.346 e. The first kappa shape index (κ1) is 13.5. The van der Waals surface area contributed by atoms with Gasteiger partial charge in [0.1, 0.15) is 5.69 Å². The zero-order valence-corrected chi connectivity index (χ0v) is 11.6. The van der Waals surface area contributed by atoms with Gasteiger partial charge in [-0.05, 0) is 32.4 Å². The summed E-state index contributed by atoms with van der Waals surface area (Å²) >= 11 is 9.06. The highest BCUT2D eigenvalue weighted by Crippen LogP contribution is 2.12. The quantitative estimate of drug-likeness (QED) is 0.869. The number of hydrogen-bond acceptors (Lipinski definition) is 2. The standard InChI is InChI=1S/C11H14BrClN2O/c1-11(2,5-6-12)15-10(16)9-4-3-8(13)7-14-9/h3-4,7H,5-6H2,1-2H3,(H,15,16). The van der Waals surface area contributed by atoms with Crippen molar-refractivity contribution in [2.75, 3.05) is 5.33 Å². The normalized spacial score (nSPS) is 11.2. The molecule has 0 saturated carbocycles. The molecule has 0 aliphatic heterocycles. The predicted octanol–water partition coefficient (Wildman–Crippen LogP) is 3.03. The number of aromatic nitrogens is 1. The molecule has 0 spiro atoms. The molecule has 0 bridgehead atoms. The summed E-state index contributed by atoms with van der Waals surface area (Å²) in [5, 5.41) is 4.28. The van der Waals surface area contributed by atoms with Crippen LogP contribution in [-0.2, 0) is 0 Å². The molecule has 0 atom stereocenters. The van der Waals surface area contributed by atoms with E-state index in [9.17, 15) is 4.79 Å². The molecule has 1 N–H and O–H groups in total. The number of hydrogen-bond donors (Lipinski definition) is 1. The molecule has 16 heavy (non-hydrogen) atoms. The van der Waals surface area contributed by atoms with Crippen LogP contribution in [0.2, 0.25) is 5.02 Å². The molecule has 88 valence electrons. The third-order valence-corrected chi connectivity index (χ3v) is 2.75. The van der Waals surface area contributed by atoms with Crippen LogP contribution in [0.1, 0.15) is 30.8 Å². The Hall–Kier alpha value is -0.610. The Bertz CT molecular complexity index is 365. The van der Waals surface area contributed by atoms with Crippen molar-refractivity contribution < 1.29 is 4.79 Å². The van der Waals surface area contributed by atoms with E-state index in [-0.39, 0.29) is 11.4 Å². The Labute approximate surface area is 109 Å². The fraction of sp³-hybridized carbons (Fsp3) is 0.455. The number of alkyl halides is 1. The summed E-state index contributed by atoms with van der Waals surface area (Å²) in [6, 6.07) is 3.27. The Morgan fingerprint density at radius 3 is 2.75 bits per heavy atom. The molecule has 0 aromatic carbocycles. The minimum absolute atomic E-state index is 0.178. The molecule has 5 heteroatoms. The number of rotatable bonds is 4. The highest BCUT2D eigenvalue weighted by molar-refractivity contribution is 9.09. The van der Waals surface area contributed by atoms with Crippen molar-refractivity contribution in [1.82, 2.24) is 10.3 Å². The van der Waals surface area contributed by atoms with Crippen LogP contribution in [0.5, 0.6) is 0 Å². The van der Waals surface area contributed by atoms with Crippen LogP contribution >= 0.6 is 27.5 Å². The minimum atomic E-state index is -0.248. The molecule has 0 aliphatic carbocycles. The Morgan fingerprint density at radius 1 is 1.56 bits per heavy atom. The van der Waals surface area contributed by atoms with E-state index in [1.54, 1.807) is 12.1 Å². The Kier molecular flexibility index (Phi) is 4.74. The lowest BCUT2D eigenvalue weighted by Crippen LogP contribution is -2.43. The summed E-state index contributed by atoms with van der Waals surface area (Å²) in [7, 11) is 0. The molecule has 0 saturated heterocycles. The Morgan fingerprint density at radius 2 is 2.25 bits per heavy atom.